The highest BCUT2D eigenvalue weighted by atomic mass is 35.5. The highest BCUT2D eigenvalue weighted by molar-refractivity contribution is 7.80. The van der Waals surface area contributed by atoms with Gasteiger partial charge >= 0.3 is 0 Å². The van der Waals surface area contributed by atoms with Gasteiger partial charge in [-0.05, 0) is 30.4 Å². The van der Waals surface area contributed by atoms with Crippen LogP contribution < -0.4 is 5.32 Å². The molecule has 2 nitrogen and oxygen atoms in total. The van der Waals surface area contributed by atoms with Crippen LogP contribution in [-0.2, 0) is 0 Å². The standard InChI is InChI=1S/C9H10Cl2N2S/c1-13(2)9(14)12-8-5-6(10)3-4-7(8)11/h3-5H,1-2H3,(H,12,14). The first-order valence-corrected chi connectivity index (χ1v) is 5.10. The summed E-state index contributed by atoms with van der Waals surface area (Å²) in [5.74, 6) is 0. The van der Waals surface area contributed by atoms with Gasteiger partial charge in [-0.15, -0.1) is 0 Å². The minimum absolute atomic E-state index is 0.592. The zero-order valence-corrected chi connectivity index (χ0v) is 10.2. The second-order valence-corrected chi connectivity index (χ2v) is 4.18. The Hall–Kier alpha value is -0.510. The Bertz CT molecular complexity index is 353. The molecule has 1 N–H and O–H groups in total. The van der Waals surface area contributed by atoms with Gasteiger partial charge in [0.05, 0.1) is 10.7 Å². The van der Waals surface area contributed by atoms with Crippen LogP contribution in [0.25, 0.3) is 0 Å². The van der Waals surface area contributed by atoms with Crippen LogP contribution in [0.4, 0.5) is 5.69 Å². The molecule has 0 heterocycles. The third kappa shape index (κ3) is 3.01. The first kappa shape index (κ1) is 11.6. The molecule has 0 aliphatic rings. The summed E-state index contributed by atoms with van der Waals surface area (Å²) in [7, 11) is 3.71. The number of hydrogen-bond donors (Lipinski definition) is 1. The lowest BCUT2D eigenvalue weighted by molar-refractivity contribution is 0.634. The van der Waals surface area contributed by atoms with Crippen molar-refractivity contribution in [3.63, 3.8) is 0 Å². The molecule has 0 bridgehead atoms. The largest absolute Gasteiger partial charge is 0.355 e. The van der Waals surface area contributed by atoms with Gasteiger partial charge in [0.2, 0.25) is 0 Å². The molecule has 0 spiro atoms. The monoisotopic (exact) mass is 248 g/mol. The summed E-state index contributed by atoms with van der Waals surface area (Å²) in [6, 6.07) is 5.19. The van der Waals surface area contributed by atoms with E-state index in [1.165, 1.54) is 0 Å². The summed E-state index contributed by atoms with van der Waals surface area (Å²) < 4.78 is 0. The lowest BCUT2D eigenvalue weighted by Crippen LogP contribution is -2.27. The van der Waals surface area contributed by atoms with E-state index in [-0.39, 0.29) is 0 Å². The van der Waals surface area contributed by atoms with Gasteiger partial charge < -0.3 is 10.2 Å². The van der Waals surface area contributed by atoms with E-state index in [9.17, 15) is 0 Å². The average molecular weight is 249 g/mol. The first-order valence-electron chi connectivity index (χ1n) is 3.94. The van der Waals surface area contributed by atoms with E-state index < -0.39 is 0 Å². The number of nitrogens with zero attached hydrogens (tertiary/aromatic N) is 1. The van der Waals surface area contributed by atoms with Crippen molar-refractivity contribution in [1.82, 2.24) is 4.90 Å². The molecule has 0 radical (unpaired) electrons. The fraction of sp³-hybridized carbons (Fsp3) is 0.222. The molecule has 0 fully saturated rings. The first-order chi connectivity index (χ1) is 6.50. The van der Waals surface area contributed by atoms with E-state index in [0.717, 1.165) is 5.69 Å². The van der Waals surface area contributed by atoms with Crippen molar-refractivity contribution in [3.8, 4) is 0 Å². The number of thiocarbonyl (C=S) groups is 1. The summed E-state index contributed by atoms with van der Waals surface area (Å²) >= 11 is 16.8. The van der Waals surface area contributed by atoms with Crippen molar-refractivity contribution in [1.29, 1.82) is 0 Å². The van der Waals surface area contributed by atoms with Crippen LogP contribution in [0.15, 0.2) is 18.2 Å². The lowest BCUT2D eigenvalue weighted by atomic mass is 10.3. The predicted molar refractivity (Wildman–Crippen MR) is 66.4 cm³/mol. The normalized spacial score (nSPS) is 9.71. The third-order valence-corrected chi connectivity index (χ3v) is 2.61. The number of nitrogens with one attached hydrogen (secondary N) is 1. The number of benzene rings is 1. The van der Waals surface area contributed by atoms with Gasteiger partial charge in [0, 0.05) is 19.1 Å². The van der Waals surface area contributed by atoms with Gasteiger partial charge in [0.25, 0.3) is 0 Å². The molecular weight excluding hydrogens is 239 g/mol. The van der Waals surface area contributed by atoms with Crippen LogP contribution in [0.2, 0.25) is 10.0 Å². The molecule has 1 aromatic rings. The van der Waals surface area contributed by atoms with Crippen LogP contribution in [0, 0.1) is 0 Å². The van der Waals surface area contributed by atoms with Crippen LogP contribution >= 0.6 is 35.4 Å². The molecule has 0 unspecified atom stereocenters. The number of anilines is 1. The van der Waals surface area contributed by atoms with Crippen molar-refractivity contribution >= 4 is 46.2 Å². The molecule has 0 saturated carbocycles. The van der Waals surface area contributed by atoms with Gasteiger partial charge in [0.15, 0.2) is 5.11 Å². The molecule has 76 valence electrons. The Morgan fingerprint density at radius 2 is 2.00 bits per heavy atom. The number of halogens is 2. The van der Waals surface area contributed by atoms with Gasteiger partial charge in [-0.2, -0.15) is 0 Å². The molecule has 0 aliphatic carbocycles. The maximum absolute atomic E-state index is 5.95. The molecule has 1 rings (SSSR count). The van der Waals surface area contributed by atoms with Crippen molar-refractivity contribution in [2.45, 2.75) is 0 Å². The van der Waals surface area contributed by atoms with Crippen LogP contribution in [0.5, 0.6) is 0 Å². The average Bonchev–Trinajstić information content (AvgIpc) is 2.11. The van der Waals surface area contributed by atoms with Gasteiger partial charge in [-0.1, -0.05) is 23.2 Å². The van der Waals surface area contributed by atoms with Gasteiger partial charge in [0.1, 0.15) is 0 Å². The fourth-order valence-electron chi connectivity index (χ4n) is 0.820. The zero-order valence-electron chi connectivity index (χ0n) is 7.84. The molecular formula is C9H10Cl2N2S. The molecule has 0 amide bonds. The van der Waals surface area contributed by atoms with Gasteiger partial charge in [-0.25, -0.2) is 0 Å². The van der Waals surface area contributed by atoms with E-state index >= 15 is 0 Å². The molecule has 14 heavy (non-hydrogen) atoms. The smallest absolute Gasteiger partial charge is 0.172 e. The summed E-state index contributed by atoms with van der Waals surface area (Å²) in [4.78, 5) is 1.78. The summed E-state index contributed by atoms with van der Waals surface area (Å²) in [5.41, 5.74) is 0.720. The second kappa shape index (κ2) is 4.82. The van der Waals surface area contributed by atoms with Crippen LogP contribution in [0.1, 0.15) is 0 Å². The summed E-state index contributed by atoms with van der Waals surface area (Å²) in [5, 5.41) is 4.80. The molecule has 1 aromatic carbocycles. The van der Waals surface area contributed by atoms with Crippen molar-refractivity contribution in [3.05, 3.63) is 28.2 Å². The van der Waals surface area contributed by atoms with E-state index in [4.69, 9.17) is 35.4 Å². The second-order valence-electron chi connectivity index (χ2n) is 2.95. The topological polar surface area (TPSA) is 15.3 Å². The summed E-state index contributed by atoms with van der Waals surface area (Å²) in [6.07, 6.45) is 0. The Morgan fingerprint density at radius 3 is 2.57 bits per heavy atom. The number of hydrogen-bond acceptors (Lipinski definition) is 1. The number of rotatable bonds is 1. The predicted octanol–water partition coefficient (Wildman–Crippen LogP) is 3.25. The fourth-order valence-corrected chi connectivity index (χ4v) is 1.27. The van der Waals surface area contributed by atoms with E-state index in [0.29, 0.717) is 15.2 Å². The van der Waals surface area contributed by atoms with Gasteiger partial charge in [-0.3, -0.25) is 0 Å². The molecule has 0 aromatic heterocycles. The minimum atomic E-state index is 0.592. The lowest BCUT2D eigenvalue weighted by Gasteiger charge is -2.16. The van der Waals surface area contributed by atoms with Crippen LogP contribution in [0.3, 0.4) is 0 Å². The minimum Gasteiger partial charge on any atom is -0.355 e. The Kier molecular flexibility index (Phi) is 3.98. The van der Waals surface area contributed by atoms with E-state index in [1.54, 1.807) is 23.1 Å². The third-order valence-electron chi connectivity index (χ3n) is 1.58. The van der Waals surface area contributed by atoms with Crippen molar-refractivity contribution in [2.75, 3.05) is 19.4 Å². The van der Waals surface area contributed by atoms with Crippen LogP contribution in [-0.4, -0.2) is 24.1 Å². The maximum atomic E-state index is 5.95. The highest BCUT2D eigenvalue weighted by Crippen LogP contribution is 2.25. The van der Waals surface area contributed by atoms with Crippen molar-refractivity contribution < 1.29 is 0 Å². The molecule has 0 saturated heterocycles. The van der Waals surface area contributed by atoms with E-state index in [2.05, 4.69) is 5.32 Å². The Morgan fingerprint density at radius 1 is 1.36 bits per heavy atom. The Balaban J connectivity index is 2.86. The molecule has 5 heteroatoms. The highest BCUT2D eigenvalue weighted by Gasteiger charge is 2.04. The molecule has 0 aliphatic heterocycles. The zero-order chi connectivity index (χ0) is 10.7. The quantitative estimate of drug-likeness (QED) is 0.769. The molecule has 0 atom stereocenters. The van der Waals surface area contributed by atoms with E-state index in [1.807, 2.05) is 14.1 Å². The SMILES string of the molecule is CN(C)C(=S)Nc1cc(Cl)ccc1Cl. The Labute approximate surface area is 98.8 Å². The summed E-state index contributed by atoms with van der Waals surface area (Å²) in [6.45, 7) is 0. The van der Waals surface area contributed by atoms with Crippen molar-refractivity contribution in [2.24, 2.45) is 0 Å². The maximum Gasteiger partial charge on any atom is 0.172 e.